The number of rotatable bonds is 4. The second-order valence-electron chi connectivity index (χ2n) is 4.39. The van der Waals surface area contributed by atoms with Crippen molar-refractivity contribution in [3.63, 3.8) is 0 Å². The molecule has 0 spiro atoms. The lowest BCUT2D eigenvalue weighted by Gasteiger charge is -2.10. The second kappa shape index (κ2) is 4.96. The molecule has 94 valence electrons. The van der Waals surface area contributed by atoms with Gasteiger partial charge in [0.1, 0.15) is 5.69 Å². The first-order chi connectivity index (χ1) is 8.61. The molecule has 0 aliphatic heterocycles. The van der Waals surface area contributed by atoms with Crippen molar-refractivity contribution in [3.05, 3.63) is 42.6 Å². The Morgan fingerprint density at radius 3 is 3.06 bits per heavy atom. The van der Waals surface area contributed by atoms with Crippen LogP contribution in [0.1, 0.15) is 23.8 Å². The molecule has 4 heteroatoms. The Kier molecular flexibility index (Phi) is 3.37. The summed E-state index contributed by atoms with van der Waals surface area (Å²) in [4.78, 5) is 15.0. The summed E-state index contributed by atoms with van der Waals surface area (Å²) >= 11 is 0. The maximum Gasteiger partial charge on any atom is 0.267 e. The predicted molar refractivity (Wildman–Crippen MR) is 74.5 cm³/mol. The van der Waals surface area contributed by atoms with Crippen molar-refractivity contribution in [2.45, 2.75) is 19.4 Å². The molecule has 2 rings (SSSR count). The van der Waals surface area contributed by atoms with E-state index >= 15 is 0 Å². The number of hydrogen-bond acceptors (Lipinski definition) is 2. The van der Waals surface area contributed by atoms with Gasteiger partial charge in [0.2, 0.25) is 0 Å². The highest BCUT2D eigenvalue weighted by Gasteiger charge is 2.12. The van der Waals surface area contributed by atoms with Gasteiger partial charge in [0, 0.05) is 11.4 Å². The van der Waals surface area contributed by atoms with Crippen molar-refractivity contribution >= 4 is 22.5 Å². The smallest absolute Gasteiger partial charge is 0.267 e. The lowest BCUT2D eigenvalue weighted by atomic mass is 10.2. The van der Waals surface area contributed by atoms with Gasteiger partial charge in [-0.05, 0) is 25.5 Å². The highest BCUT2D eigenvalue weighted by Crippen LogP contribution is 2.21. The summed E-state index contributed by atoms with van der Waals surface area (Å²) in [5.41, 5.74) is 7.82. The van der Waals surface area contributed by atoms with E-state index in [1.165, 1.54) is 0 Å². The third-order valence-corrected chi connectivity index (χ3v) is 2.83. The fourth-order valence-electron chi connectivity index (χ4n) is 1.91. The first-order valence-corrected chi connectivity index (χ1v) is 5.90. The number of carbonyl (C=O) groups is 1. The van der Waals surface area contributed by atoms with Crippen molar-refractivity contribution in [1.82, 2.24) is 10.3 Å². The molecule has 1 amide bonds. The Bertz CT molecular complexity index is 586. The molecule has 4 nitrogen and oxygen atoms in total. The molecule has 0 saturated carbocycles. The third kappa shape index (κ3) is 2.37. The number of para-hydroxylation sites is 1. The second-order valence-corrected chi connectivity index (χ2v) is 4.39. The number of fused-ring (bicyclic) bond motifs is 1. The van der Waals surface area contributed by atoms with E-state index in [0.717, 1.165) is 17.3 Å². The van der Waals surface area contributed by atoms with Gasteiger partial charge in [0.15, 0.2) is 0 Å². The van der Waals surface area contributed by atoms with Crippen LogP contribution in [0, 0.1) is 0 Å². The molecule has 1 atom stereocenters. The molecule has 1 aromatic carbocycles. The fourth-order valence-corrected chi connectivity index (χ4v) is 1.91. The van der Waals surface area contributed by atoms with E-state index in [1.54, 1.807) is 12.1 Å². The zero-order valence-corrected chi connectivity index (χ0v) is 10.4. The van der Waals surface area contributed by atoms with E-state index in [2.05, 4.69) is 16.9 Å². The maximum atomic E-state index is 12.0. The number of aromatic amines is 1. The minimum absolute atomic E-state index is 0.0683. The Morgan fingerprint density at radius 2 is 2.39 bits per heavy atom. The van der Waals surface area contributed by atoms with Crippen LogP contribution in [0.2, 0.25) is 0 Å². The zero-order valence-electron chi connectivity index (χ0n) is 10.4. The Balaban J connectivity index is 2.23. The van der Waals surface area contributed by atoms with E-state index in [1.807, 2.05) is 25.1 Å². The molecule has 0 bridgehead atoms. The normalized spacial score (nSPS) is 12.3. The lowest BCUT2D eigenvalue weighted by molar-refractivity contribution is 0.0936. The van der Waals surface area contributed by atoms with Crippen molar-refractivity contribution in [2.75, 3.05) is 5.73 Å². The van der Waals surface area contributed by atoms with Crippen molar-refractivity contribution in [3.8, 4) is 0 Å². The number of nitrogen functional groups attached to an aromatic ring is 1. The number of hydrogen-bond donors (Lipinski definition) is 3. The molecular formula is C14H17N3O. The number of aromatic nitrogens is 1. The molecule has 4 N–H and O–H groups in total. The molecule has 0 fully saturated rings. The zero-order chi connectivity index (χ0) is 13.1. The lowest BCUT2D eigenvalue weighted by Crippen LogP contribution is -2.32. The minimum Gasteiger partial charge on any atom is -0.397 e. The fraction of sp³-hybridized carbons (Fsp3) is 0.214. The molecule has 1 aromatic heterocycles. The van der Waals surface area contributed by atoms with Gasteiger partial charge in [0.05, 0.1) is 11.2 Å². The molecule has 2 aromatic rings. The summed E-state index contributed by atoms with van der Waals surface area (Å²) in [5, 5.41) is 3.84. The number of nitrogens with two attached hydrogens (primary N) is 1. The monoisotopic (exact) mass is 243 g/mol. The molecule has 1 unspecified atom stereocenters. The number of H-pyrrole nitrogens is 1. The topological polar surface area (TPSA) is 70.9 Å². The SMILES string of the molecule is C=CCC(C)NC(=O)c1cc2cccc(N)c2[nH]1. The van der Waals surface area contributed by atoms with E-state index in [0.29, 0.717) is 11.4 Å². The standard InChI is InChI=1S/C14H17N3O/c1-3-5-9(2)16-14(18)12-8-10-6-4-7-11(15)13(10)17-12/h3-4,6-9,17H,1,5,15H2,2H3,(H,16,18). The Hall–Kier alpha value is -2.23. The highest BCUT2D eigenvalue weighted by atomic mass is 16.1. The Labute approximate surface area is 106 Å². The first kappa shape index (κ1) is 12.2. The summed E-state index contributed by atoms with van der Waals surface area (Å²) in [6.07, 6.45) is 2.53. The summed E-state index contributed by atoms with van der Waals surface area (Å²) in [5.74, 6) is -0.125. The number of amides is 1. The summed E-state index contributed by atoms with van der Waals surface area (Å²) in [6, 6.07) is 7.47. The van der Waals surface area contributed by atoms with Gasteiger partial charge in [0.25, 0.3) is 5.91 Å². The van der Waals surface area contributed by atoms with E-state index < -0.39 is 0 Å². The Morgan fingerprint density at radius 1 is 1.61 bits per heavy atom. The van der Waals surface area contributed by atoms with Crippen molar-refractivity contribution < 1.29 is 4.79 Å². The van der Waals surface area contributed by atoms with Gasteiger partial charge in [-0.2, -0.15) is 0 Å². The largest absolute Gasteiger partial charge is 0.397 e. The minimum atomic E-state index is -0.125. The maximum absolute atomic E-state index is 12.0. The molecule has 1 heterocycles. The van der Waals surface area contributed by atoms with E-state index in [-0.39, 0.29) is 11.9 Å². The molecule has 0 radical (unpaired) electrons. The van der Waals surface area contributed by atoms with Gasteiger partial charge >= 0.3 is 0 Å². The van der Waals surface area contributed by atoms with Crippen LogP contribution in [0.3, 0.4) is 0 Å². The van der Waals surface area contributed by atoms with Crippen LogP contribution < -0.4 is 11.1 Å². The average Bonchev–Trinajstić information content (AvgIpc) is 2.74. The number of anilines is 1. The molecule has 0 saturated heterocycles. The molecule has 0 aliphatic carbocycles. The van der Waals surface area contributed by atoms with Crippen LogP contribution in [0.25, 0.3) is 10.9 Å². The quantitative estimate of drug-likeness (QED) is 0.570. The van der Waals surface area contributed by atoms with E-state index in [9.17, 15) is 4.79 Å². The van der Waals surface area contributed by atoms with Gasteiger partial charge in [-0.1, -0.05) is 18.2 Å². The summed E-state index contributed by atoms with van der Waals surface area (Å²) in [7, 11) is 0. The average molecular weight is 243 g/mol. The van der Waals surface area contributed by atoms with Crippen molar-refractivity contribution in [1.29, 1.82) is 0 Å². The van der Waals surface area contributed by atoms with Crippen LogP contribution in [-0.4, -0.2) is 16.9 Å². The summed E-state index contributed by atoms with van der Waals surface area (Å²) in [6.45, 7) is 5.59. The highest BCUT2D eigenvalue weighted by molar-refractivity contribution is 6.00. The van der Waals surface area contributed by atoms with Crippen LogP contribution in [-0.2, 0) is 0 Å². The molecule has 0 aliphatic rings. The van der Waals surface area contributed by atoms with Gasteiger partial charge in [-0.15, -0.1) is 6.58 Å². The van der Waals surface area contributed by atoms with Gasteiger partial charge in [-0.3, -0.25) is 4.79 Å². The number of carbonyl (C=O) groups excluding carboxylic acids is 1. The van der Waals surface area contributed by atoms with Crippen LogP contribution in [0.15, 0.2) is 36.9 Å². The van der Waals surface area contributed by atoms with Gasteiger partial charge in [-0.25, -0.2) is 0 Å². The first-order valence-electron chi connectivity index (χ1n) is 5.90. The molecular weight excluding hydrogens is 226 g/mol. The van der Waals surface area contributed by atoms with Crippen molar-refractivity contribution in [2.24, 2.45) is 0 Å². The number of benzene rings is 1. The van der Waals surface area contributed by atoms with Crippen LogP contribution in [0.5, 0.6) is 0 Å². The molecule has 18 heavy (non-hydrogen) atoms. The van der Waals surface area contributed by atoms with Crippen LogP contribution >= 0.6 is 0 Å². The predicted octanol–water partition coefficient (Wildman–Crippen LogP) is 2.44. The third-order valence-electron chi connectivity index (χ3n) is 2.83. The van der Waals surface area contributed by atoms with Crippen LogP contribution in [0.4, 0.5) is 5.69 Å². The number of nitrogens with one attached hydrogen (secondary N) is 2. The van der Waals surface area contributed by atoms with E-state index in [4.69, 9.17) is 5.73 Å². The summed E-state index contributed by atoms with van der Waals surface area (Å²) < 4.78 is 0. The van der Waals surface area contributed by atoms with Gasteiger partial charge < -0.3 is 16.0 Å².